The molecule has 2 aromatic carbocycles. The molecule has 0 aliphatic carbocycles. The Kier molecular flexibility index (Phi) is 2.59. The monoisotopic (exact) mass is 243 g/mol. The summed E-state index contributed by atoms with van der Waals surface area (Å²) >= 11 is 0. The molecule has 0 spiro atoms. The van der Waals surface area contributed by atoms with Gasteiger partial charge in [0, 0.05) is 11.8 Å². The number of hydrogen-bond donors (Lipinski definition) is 0. The molecule has 0 unspecified atom stereocenters. The molecule has 0 amide bonds. The predicted molar refractivity (Wildman–Crippen MR) is 67.4 cm³/mol. The fraction of sp³-hybridized carbons (Fsp3) is 0.0667. The zero-order chi connectivity index (χ0) is 12.5. The number of hydrogen-bond acceptors (Lipinski definition) is 0. The van der Waals surface area contributed by atoms with Crippen LogP contribution in [0, 0.1) is 11.6 Å². The van der Waals surface area contributed by atoms with Crippen LogP contribution in [0.2, 0.25) is 0 Å². The average Bonchev–Trinajstić information content (AvgIpc) is 2.75. The Morgan fingerprint density at radius 2 is 1.78 bits per heavy atom. The molecular formula is C15H11F2N. The molecule has 3 aromatic rings. The molecule has 3 heteroatoms. The largest absolute Gasteiger partial charge is 0.343 e. The van der Waals surface area contributed by atoms with E-state index in [4.69, 9.17) is 0 Å². The summed E-state index contributed by atoms with van der Waals surface area (Å²) in [6, 6.07) is 13.1. The first-order valence-corrected chi connectivity index (χ1v) is 5.72. The molecule has 1 heterocycles. The molecule has 3 rings (SSSR count). The summed E-state index contributed by atoms with van der Waals surface area (Å²) in [6.45, 7) is 0.402. The Balaban J connectivity index is 2.05. The summed E-state index contributed by atoms with van der Waals surface area (Å²) in [7, 11) is 0. The van der Waals surface area contributed by atoms with E-state index in [2.05, 4.69) is 0 Å². The number of rotatable bonds is 2. The van der Waals surface area contributed by atoms with Gasteiger partial charge in [-0.3, -0.25) is 0 Å². The lowest BCUT2D eigenvalue weighted by atomic mass is 10.2. The minimum absolute atomic E-state index is 0.240. The van der Waals surface area contributed by atoms with Gasteiger partial charge in [0.2, 0.25) is 0 Å². The molecule has 0 aliphatic heterocycles. The summed E-state index contributed by atoms with van der Waals surface area (Å²) in [6.07, 6.45) is 1.84. The normalized spacial score (nSPS) is 11.0. The molecule has 0 atom stereocenters. The molecule has 1 aromatic heterocycles. The van der Waals surface area contributed by atoms with Crippen LogP contribution in [-0.2, 0) is 6.54 Å². The summed E-state index contributed by atoms with van der Waals surface area (Å²) < 4.78 is 28.6. The van der Waals surface area contributed by atoms with E-state index in [1.807, 2.05) is 16.8 Å². The van der Waals surface area contributed by atoms with Crippen molar-refractivity contribution < 1.29 is 8.78 Å². The molecule has 0 bridgehead atoms. The first-order valence-electron chi connectivity index (χ1n) is 5.72. The molecule has 90 valence electrons. The number of aromatic nitrogens is 1. The Bertz CT molecular complexity index is 701. The van der Waals surface area contributed by atoms with Gasteiger partial charge in [0.05, 0.1) is 12.1 Å². The predicted octanol–water partition coefficient (Wildman–Crippen LogP) is 3.97. The van der Waals surface area contributed by atoms with Crippen molar-refractivity contribution in [1.29, 1.82) is 0 Å². The minimum Gasteiger partial charge on any atom is -0.343 e. The van der Waals surface area contributed by atoms with E-state index in [1.165, 1.54) is 18.2 Å². The second kappa shape index (κ2) is 4.26. The van der Waals surface area contributed by atoms with Gasteiger partial charge < -0.3 is 4.57 Å². The lowest BCUT2D eigenvalue weighted by molar-refractivity contribution is 0.601. The van der Waals surface area contributed by atoms with Crippen molar-refractivity contribution >= 4 is 10.9 Å². The highest BCUT2D eigenvalue weighted by molar-refractivity contribution is 5.80. The highest BCUT2D eigenvalue weighted by atomic mass is 19.1. The Labute approximate surface area is 103 Å². The third-order valence-corrected chi connectivity index (χ3v) is 3.03. The van der Waals surface area contributed by atoms with Crippen LogP contribution in [-0.4, -0.2) is 4.57 Å². The first-order chi connectivity index (χ1) is 8.74. The van der Waals surface area contributed by atoms with Crippen molar-refractivity contribution in [2.75, 3.05) is 0 Å². The molecule has 0 fully saturated rings. The zero-order valence-corrected chi connectivity index (χ0v) is 9.61. The van der Waals surface area contributed by atoms with Crippen molar-refractivity contribution in [3.05, 3.63) is 71.9 Å². The number of halogens is 2. The lowest BCUT2D eigenvalue weighted by Crippen LogP contribution is -2.00. The third kappa shape index (κ3) is 1.88. The maximum Gasteiger partial charge on any atom is 0.128 e. The second-order valence-electron chi connectivity index (χ2n) is 4.24. The second-order valence-corrected chi connectivity index (χ2v) is 4.24. The van der Waals surface area contributed by atoms with E-state index in [9.17, 15) is 8.78 Å². The third-order valence-electron chi connectivity index (χ3n) is 3.03. The quantitative estimate of drug-likeness (QED) is 0.642. The van der Waals surface area contributed by atoms with Gasteiger partial charge in [-0.1, -0.05) is 18.2 Å². The van der Waals surface area contributed by atoms with Crippen molar-refractivity contribution in [2.24, 2.45) is 0 Å². The number of fused-ring (bicyclic) bond motifs is 1. The van der Waals surface area contributed by atoms with Gasteiger partial charge in [-0.15, -0.1) is 0 Å². The van der Waals surface area contributed by atoms with Gasteiger partial charge in [0.25, 0.3) is 0 Å². The van der Waals surface area contributed by atoms with Crippen molar-refractivity contribution in [1.82, 2.24) is 4.57 Å². The summed E-state index contributed by atoms with van der Waals surface area (Å²) in [5.41, 5.74) is 1.37. The van der Waals surface area contributed by atoms with Crippen molar-refractivity contribution in [2.45, 2.75) is 6.54 Å². The van der Waals surface area contributed by atoms with Gasteiger partial charge >= 0.3 is 0 Å². The maximum atomic E-state index is 13.6. The highest BCUT2D eigenvalue weighted by Crippen LogP contribution is 2.19. The van der Waals surface area contributed by atoms with Crippen LogP contribution >= 0.6 is 0 Å². The minimum atomic E-state index is -0.281. The molecule has 0 N–H and O–H groups in total. The van der Waals surface area contributed by atoms with E-state index >= 15 is 0 Å². The van der Waals surface area contributed by atoms with Gasteiger partial charge in [-0.25, -0.2) is 8.78 Å². The van der Waals surface area contributed by atoms with Crippen LogP contribution in [0.25, 0.3) is 10.9 Å². The molecule has 0 saturated carbocycles. The molecular weight excluding hydrogens is 232 g/mol. The fourth-order valence-corrected chi connectivity index (χ4v) is 2.11. The summed E-state index contributed by atoms with van der Waals surface area (Å²) in [5, 5.41) is 0.952. The van der Waals surface area contributed by atoms with Gasteiger partial charge in [-0.2, -0.15) is 0 Å². The van der Waals surface area contributed by atoms with Crippen LogP contribution in [0.3, 0.4) is 0 Å². The number of nitrogens with zero attached hydrogens (tertiary/aromatic N) is 1. The van der Waals surface area contributed by atoms with Crippen molar-refractivity contribution in [3.8, 4) is 0 Å². The zero-order valence-electron chi connectivity index (χ0n) is 9.61. The smallest absolute Gasteiger partial charge is 0.128 e. The fourth-order valence-electron chi connectivity index (χ4n) is 2.11. The van der Waals surface area contributed by atoms with Gasteiger partial charge in [0.1, 0.15) is 11.6 Å². The van der Waals surface area contributed by atoms with Gasteiger partial charge in [0.15, 0.2) is 0 Å². The maximum absolute atomic E-state index is 13.6. The van der Waals surface area contributed by atoms with Crippen LogP contribution in [0.4, 0.5) is 8.78 Å². The number of benzene rings is 2. The van der Waals surface area contributed by atoms with Crippen LogP contribution in [0.1, 0.15) is 5.56 Å². The van der Waals surface area contributed by atoms with E-state index in [0.717, 1.165) is 10.9 Å². The van der Waals surface area contributed by atoms with Crippen molar-refractivity contribution in [3.63, 3.8) is 0 Å². The first kappa shape index (κ1) is 11.0. The Morgan fingerprint density at radius 1 is 0.944 bits per heavy atom. The Hall–Kier alpha value is -2.16. The van der Waals surface area contributed by atoms with Gasteiger partial charge in [-0.05, 0) is 35.7 Å². The lowest BCUT2D eigenvalue weighted by Gasteiger charge is -2.06. The van der Waals surface area contributed by atoms with Crippen LogP contribution < -0.4 is 0 Å². The average molecular weight is 243 g/mol. The standard InChI is InChI=1S/C15H11F2N/c16-13-6-5-11-7-8-18(15(11)9-13)10-12-3-1-2-4-14(12)17/h1-9H,10H2. The molecule has 0 radical (unpaired) electrons. The summed E-state index contributed by atoms with van der Waals surface area (Å²) in [5.74, 6) is -0.522. The van der Waals surface area contributed by atoms with E-state index < -0.39 is 0 Å². The SMILES string of the molecule is Fc1ccc2ccn(Cc3ccccc3F)c2c1. The van der Waals surface area contributed by atoms with E-state index in [0.29, 0.717) is 12.1 Å². The molecule has 1 nitrogen and oxygen atoms in total. The molecule has 0 saturated heterocycles. The van der Waals surface area contributed by atoms with Crippen LogP contribution in [0.5, 0.6) is 0 Å². The Morgan fingerprint density at radius 3 is 2.61 bits per heavy atom. The highest BCUT2D eigenvalue weighted by Gasteiger charge is 2.05. The molecule has 0 aliphatic rings. The topological polar surface area (TPSA) is 4.93 Å². The van der Waals surface area contributed by atoms with Crippen LogP contribution in [0.15, 0.2) is 54.7 Å². The summed E-state index contributed by atoms with van der Waals surface area (Å²) in [4.78, 5) is 0. The van der Waals surface area contributed by atoms with E-state index in [1.54, 1.807) is 24.3 Å². The molecule has 18 heavy (non-hydrogen) atoms. The van der Waals surface area contributed by atoms with E-state index in [-0.39, 0.29) is 11.6 Å².